The maximum atomic E-state index is 12.2. The van der Waals surface area contributed by atoms with Crippen LogP contribution >= 0.6 is 15.9 Å². The van der Waals surface area contributed by atoms with Crippen molar-refractivity contribution in [1.29, 1.82) is 0 Å². The van der Waals surface area contributed by atoms with E-state index in [0.717, 1.165) is 10.0 Å². The molecule has 1 saturated heterocycles. The van der Waals surface area contributed by atoms with Crippen LogP contribution in [0.4, 0.5) is 0 Å². The summed E-state index contributed by atoms with van der Waals surface area (Å²) in [5, 5.41) is 8.95. The molecule has 0 aromatic heterocycles. The maximum absolute atomic E-state index is 12.2. The van der Waals surface area contributed by atoms with Gasteiger partial charge in [-0.3, -0.25) is 9.59 Å². The molecular weight excluding hydrogens is 326 g/mol. The van der Waals surface area contributed by atoms with E-state index in [1.807, 2.05) is 18.2 Å². The Bertz CT molecular complexity index is 532. The molecule has 0 aliphatic carbocycles. The quantitative estimate of drug-likeness (QED) is 0.908. The fraction of sp³-hybridized carbons (Fsp3) is 0.429. The van der Waals surface area contributed by atoms with Gasteiger partial charge in [-0.2, -0.15) is 0 Å². The maximum Gasteiger partial charge on any atom is 0.308 e. The third-order valence-electron chi connectivity index (χ3n) is 3.48. The van der Waals surface area contributed by atoms with Crippen molar-refractivity contribution >= 4 is 27.8 Å². The van der Waals surface area contributed by atoms with Gasteiger partial charge < -0.3 is 14.7 Å². The molecule has 5 nitrogen and oxygen atoms in total. The van der Waals surface area contributed by atoms with E-state index >= 15 is 0 Å². The molecule has 1 fully saturated rings. The fourth-order valence-electron chi connectivity index (χ4n) is 2.28. The van der Waals surface area contributed by atoms with Gasteiger partial charge in [0.15, 0.2) is 0 Å². The van der Waals surface area contributed by atoms with Gasteiger partial charge in [-0.05, 0) is 30.2 Å². The molecule has 1 aliphatic heterocycles. The Morgan fingerprint density at radius 3 is 2.85 bits per heavy atom. The van der Waals surface area contributed by atoms with Gasteiger partial charge in [0.05, 0.1) is 19.4 Å². The van der Waals surface area contributed by atoms with Gasteiger partial charge in [0.1, 0.15) is 5.75 Å². The van der Waals surface area contributed by atoms with Crippen molar-refractivity contribution in [2.45, 2.75) is 12.8 Å². The van der Waals surface area contributed by atoms with Crippen LogP contribution in [-0.2, 0) is 16.0 Å². The van der Waals surface area contributed by atoms with E-state index in [-0.39, 0.29) is 12.3 Å². The summed E-state index contributed by atoms with van der Waals surface area (Å²) in [6, 6.07) is 5.46. The number of amides is 1. The minimum Gasteiger partial charge on any atom is -0.497 e. The van der Waals surface area contributed by atoms with Crippen molar-refractivity contribution in [1.82, 2.24) is 4.90 Å². The van der Waals surface area contributed by atoms with Crippen molar-refractivity contribution in [2.75, 3.05) is 20.2 Å². The number of carbonyl (C=O) groups is 2. The van der Waals surface area contributed by atoms with E-state index < -0.39 is 11.9 Å². The number of benzene rings is 1. The third kappa shape index (κ3) is 3.30. The Morgan fingerprint density at radius 1 is 1.50 bits per heavy atom. The zero-order chi connectivity index (χ0) is 14.7. The molecule has 20 heavy (non-hydrogen) atoms. The summed E-state index contributed by atoms with van der Waals surface area (Å²) >= 11 is 3.41. The van der Waals surface area contributed by atoms with Gasteiger partial charge in [-0.25, -0.2) is 0 Å². The summed E-state index contributed by atoms with van der Waals surface area (Å²) in [6.07, 6.45) is 0.768. The van der Waals surface area contributed by atoms with Crippen molar-refractivity contribution < 1.29 is 19.4 Å². The van der Waals surface area contributed by atoms with Crippen LogP contribution in [0.25, 0.3) is 0 Å². The largest absolute Gasteiger partial charge is 0.497 e. The molecule has 0 bridgehead atoms. The lowest BCUT2D eigenvalue weighted by molar-refractivity contribution is -0.141. The fourth-order valence-corrected chi connectivity index (χ4v) is 2.66. The van der Waals surface area contributed by atoms with Crippen molar-refractivity contribution in [2.24, 2.45) is 5.92 Å². The summed E-state index contributed by atoms with van der Waals surface area (Å²) < 4.78 is 5.99. The van der Waals surface area contributed by atoms with Crippen molar-refractivity contribution in [3.63, 3.8) is 0 Å². The number of aliphatic carboxylic acids is 1. The number of carbonyl (C=O) groups excluding carboxylic acids is 1. The molecule has 108 valence electrons. The van der Waals surface area contributed by atoms with Crippen LogP contribution in [0.15, 0.2) is 22.7 Å². The average Bonchev–Trinajstić information content (AvgIpc) is 2.91. The van der Waals surface area contributed by atoms with Gasteiger partial charge >= 0.3 is 5.97 Å². The molecule has 1 aromatic carbocycles. The van der Waals surface area contributed by atoms with Crippen molar-refractivity contribution in [3.05, 3.63) is 28.2 Å². The first-order valence-electron chi connectivity index (χ1n) is 6.34. The van der Waals surface area contributed by atoms with Crippen LogP contribution < -0.4 is 4.74 Å². The van der Waals surface area contributed by atoms with Crippen LogP contribution in [0.2, 0.25) is 0 Å². The Kier molecular flexibility index (Phi) is 4.65. The van der Waals surface area contributed by atoms with Crippen LogP contribution in [0, 0.1) is 5.92 Å². The first-order chi connectivity index (χ1) is 9.51. The topological polar surface area (TPSA) is 66.8 Å². The number of carboxylic acids is 1. The lowest BCUT2D eigenvalue weighted by Crippen LogP contribution is -2.31. The minimum atomic E-state index is -0.831. The number of likely N-dealkylation sites (tertiary alicyclic amines) is 1. The molecule has 1 heterocycles. The highest BCUT2D eigenvalue weighted by Crippen LogP contribution is 2.24. The third-order valence-corrected chi connectivity index (χ3v) is 4.26. The van der Waals surface area contributed by atoms with Crippen molar-refractivity contribution in [3.8, 4) is 5.75 Å². The van der Waals surface area contributed by atoms with E-state index in [2.05, 4.69) is 15.9 Å². The van der Waals surface area contributed by atoms with E-state index in [0.29, 0.717) is 25.3 Å². The zero-order valence-electron chi connectivity index (χ0n) is 11.1. The van der Waals surface area contributed by atoms with E-state index in [1.165, 1.54) is 0 Å². The number of methoxy groups -OCH3 is 1. The van der Waals surface area contributed by atoms with E-state index in [4.69, 9.17) is 9.84 Å². The lowest BCUT2D eigenvalue weighted by Gasteiger charge is -2.16. The predicted molar refractivity (Wildman–Crippen MR) is 76.7 cm³/mol. The second-order valence-corrected chi connectivity index (χ2v) is 5.65. The highest BCUT2D eigenvalue weighted by Gasteiger charge is 2.30. The average molecular weight is 342 g/mol. The molecule has 1 amide bonds. The lowest BCUT2D eigenvalue weighted by atomic mass is 10.1. The zero-order valence-corrected chi connectivity index (χ0v) is 12.7. The molecular formula is C14H16BrNO4. The molecule has 6 heteroatoms. The van der Waals surface area contributed by atoms with Crippen LogP contribution in [0.5, 0.6) is 5.75 Å². The van der Waals surface area contributed by atoms with Gasteiger partial charge in [-0.1, -0.05) is 15.9 Å². The van der Waals surface area contributed by atoms with Gasteiger partial charge in [0, 0.05) is 17.6 Å². The molecule has 1 aromatic rings. The Labute approximate surface area is 125 Å². The predicted octanol–water partition coefficient (Wildman–Crippen LogP) is 1.93. The first kappa shape index (κ1) is 14.8. The highest BCUT2D eigenvalue weighted by atomic mass is 79.9. The molecule has 1 N–H and O–H groups in total. The molecule has 1 aliphatic rings. The minimum absolute atomic E-state index is 0.0531. The molecule has 1 atom stereocenters. The Hall–Kier alpha value is -1.56. The SMILES string of the molecule is COc1ccc(Br)c(CC(=O)N2CCC(C(=O)O)C2)c1. The highest BCUT2D eigenvalue weighted by molar-refractivity contribution is 9.10. The first-order valence-corrected chi connectivity index (χ1v) is 7.13. The number of hydrogen-bond acceptors (Lipinski definition) is 3. The molecule has 0 radical (unpaired) electrons. The van der Waals surface area contributed by atoms with Gasteiger partial charge in [-0.15, -0.1) is 0 Å². The smallest absolute Gasteiger partial charge is 0.308 e. The Balaban J connectivity index is 2.03. The summed E-state index contributed by atoms with van der Waals surface area (Å²) in [6.45, 7) is 0.813. The summed E-state index contributed by atoms with van der Waals surface area (Å²) in [5.41, 5.74) is 0.841. The molecule has 1 unspecified atom stereocenters. The van der Waals surface area contributed by atoms with E-state index in [1.54, 1.807) is 12.0 Å². The molecule has 0 spiro atoms. The number of hydrogen-bond donors (Lipinski definition) is 1. The summed E-state index contributed by atoms with van der Waals surface area (Å²) in [7, 11) is 1.58. The number of nitrogens with zero attached hydrogens (tertiary/aromatic N) is 1. The normalized spacial score (nSPS) is 18.1. The molecule has 0 saturated carbocycles. The monoisotopic (exact) mass is 341 g/mol. The summed E-state index contributed by atoms with van der Waals surface area (Å²) in [5.74, 6) is -0.626. The number of carboxylic acid groups (broad SMARTS) is 1. The second kappa shape index (κ2) is 6.26. The van der Waals surface area contributed by atoms with Crippen LogP contribution in [0.1, 0.15) is 12.0 Å². The van der Waals surface area contributed by atoms with Crippen LogP contribution in [-0.4, -0.2) is 42.1 Å². The molecule has 2 rings (SSSR count). The Morgan fingerprint density at radius 2 is 2.25 bits per heavy atom. The van der Waals surface area contributed by atoms with Gasteiger partial charge in [0.25, 0.3) is 0 Å². The number of halogens is 1. The second-order valence-electron chi connectivity index (χ2n) is 4.80. The van der Waals surface area contributed by atoms with Gasteiger partial charge in [0.2, 0.25) is 5.91 Å². The number of rotatable bonds is 4. The summed E-state index contributed by atoms with van der Waals surface area (Å²) in [4.78, 5) is 24.7. The number of ether oxygens (including phenoxy) is 1. The van der Waals surface area contributed by atoms with Crippen LogP contribution in [0.3, 0.4) is 0 Å². The van der Waals surface area contributed by atoms with E-state index in [9.17, 15) is 9.59 Å². The standard InChI is InChI=1S/C14H16BrNO4/c1-20-11-2-3-12(15)10(6-11)7-13(17)16-5-4-9(8-16)14(18)19/h2-3,6,9H,4-5,7-8H2,1H3,(H,18,19).